The molecule has 1 aliphatic heterocycles. The summed E-state index contributed by atoms with van der Waals surface area (Å²) in [5, 5.41) is 13.6. The average molecular weight is 324 g/mol. The predicted octanol–water partition coefficient (Wildman–Crippen LogP) is 1.04. The van der Waals surface area contributed by atoms with E-state index in [1.807, 2.05) is 25.7 Å². The number of aromatic nitrogens is 2. The second kappa shape index (κ2) is 8.40. The molecule has 2 heterocycles. The molecule has 7 nitrogen and oxygen atoms in total. The van der Waals surface area contributed by atoms with Crippen LogP contribution in [0.3, 0.4) is 0 Å². The van der Waals surface area contributed by atoms with Gasteiger partial charge in [0, 0.05) is 51.5 Å². The number of rotatable bonds is 7. The quantitative estimate of drug-likeness (QED) is 0.807. The van der Waals surface area contributed by atoms with Crippen molar-refractivity contribution in [2.24, 2.45) is 0 Å². The molecule has 2 rings (SSSR count). The second-order valence-corrected chi connectivity index (χ2v) is 6.44. The molecule has 23 heavy (non-hydrogen) atoms. The van der Waals surface area contributed by atoms with Crippen LogP contribution >= 0.6 is 0 Å². The Hall–Kier alpha value is -1.47. The van der Waals surface area contributed by atoms with Crippen LogP contribution in [0.2, 0.25) is 0 Å². The fourth-order valence-corrected chi connectivity index (χ4v) is 2.58. The van der Waals surface area contributed by atoms with Gasteiger partial charge in [-0.2, -0.15) is 4.98 Å². The molecule has 0 aliphatic carbocycles. The zero-order chi connectivity index (χ0) is 16.8. The molecule has 1 atom stereocenters. The molecule has 0 unspecified atom stereocenters. The van der Waals surface area contributed by atoms with Crippen LogP contribution in [-0.2, 0) is 11.2 Å². The standard InChI is InChI=1S/C16H28N4O3/c1-4-13(21)11-19-7-9-20(10-8-19)15(22)6-5-14-17-16(12(2)3)18-23-14/h12-13,21H,4-11H2,1-3H3/t13-/m1/s1. The second-order valence-electron chi connectivity index (χ2n) is 6.44. The molecule has 1 N–H and O–H groups in total. The lowest BCUT2D eigenvalue weighted by molar-refractivity contribution is -0.133. The maximum Gasteiger partial charge on any atom is 0.227 e. The fraction of sp³-hybridized carbons (Fsp3) is 0.812. The first-order valence-corrected chi connectivity index (χ1v) is 8.50. The lowest BCUT2D eigenvalue weighted by Gasteiger charge is -2.35. The van der Waals surface area contributed by atoms with E-state index >= 15 is 0 Å². The van der Waals surface area contributed by atoms with Gasteiger partial charge in [-0.1, -0.05) is 25.9 Å². The van der Waals surface area contributed by atoms with Gasteiger partial charge in [-0.3, -0.25) is 9.69 Å². The summed E-state index contributed by atoms with van der Waals surface area (Å²) in [6.07, 6.45) is 1.39. The van der Waals surface area contributed by atoms with Crippen molar-refractivity contribution < 1.29 is 14.4 Å². The van der Waals surface area contributed by atoms with Crippen LogP contribution in [0, 0.1) is 0 Å². The van der Waals surface area contributed by atoms with Crippen LogP contribution in [-0.4, -0.2) is 69.8 Å². The summed E-state index contributed by atoms with van der Waals surface area (Å²) >= 11 is 0. The maximum absolute atomic E-state index is 12.3. The van der Waals surface area contributed by atoms with E-state index in [9.17, 15) is 9.90 Å². The smallest absolute Gasteiger partial charge is 0.227 e. The van der Waals surface area contributed by atoms with Crippen molar-refractivity contribution >= 4 is 5.91 Å². The Morgan fingerprint density at radius 2 is 2.00 bits per heavy atom. The highest BCUT2D eigenvalue weighted by atomic mass is 16.5. The van der Waals surface area contributed by atoms with Crippen LogP contribution < -0.4 is 0 Å². The summed E-state index contributed by atoms with van der Waals surface area (Å²) in [4.78, 5) is 20.7. The Bertz CT molecular complexity index is 495. The molecule has 1 amide bonds. The van der Waals surface area contributed by atoms with Crippen LogP contribution in [0.1, 0.15) is 51.2 Å². The number of amides is 1. The molecule has 0 saturated carbocycles. The highest BCUT2D eigenvalue weighted by Gasteiger charge is 2.22. The molecule has 1 saturated heterocycles. The van der Waals surface area contributed by atoms with E-state index in [0.29, 0.717) is 31.1 Å². The van der Waals surface area contributed by atoms with Gasteiger partial charge < -0.3 is 14.5 Å². The van der Waals surface area contributed by atoms with E-state index < -0.39 is 0 Å². The molecule has 0 radical (unpaired) electrons. The predicted molar refractivity (Wildman–Crippen MR) is 86.0 cm³/mol. The highest BCUT2D eigenvalue weighted by Crippen LogP contribution is 2.12. The van der Waals surface area contributed by atoms with E-state index in [2.05, 4.69) is 15.0 Å². The molecule has 1 fully saturated rings. The normalized spacial score (nSPS) is 17.7. The monoisotopic (exact) mass is 324 g/mol. The van der Waals surface area contributed by atoms with Crippen molar-refractivity contribution in [3.8, 4) is 0 Å². The van der Waals surface area contributed by atoms with Gasteiger partial charge in [0.05, 0.1) is 6.10 Å². The minimum absolute atomic E-state index is 0.130. The Labute approximate surface area is 137 Å². The van der Waals surface area contributed by atoms with Crippen molar-refractivity contribution in [3.05, 3.63) is 11.7 Å². The Morgan fingerprint density at radius 3 is 2.57 bits per heavy atom. The van der Waals surface area contributed by atoms with Crippen LogP contribution in [0.25, 0.3) is 0 Å². The number of aliphatic hydroxyl groups is 1. The molecular weight excluding hydrogens is 296 g/mol. The van der Waals surface area contributed by atoms with E-state index in [-0.39, 0.29) is 17.9 Å². The van der Waals surface area contributed by atoms with Gasteiger partial charge in [-0.05, 0) is 6.42 Å². The first-order chi connectivity index (χ1) is 11.0. The topological polar surface area (TPSA) is 82.7 Å². The number of carbonyl (C=O) groups excluding carboxylic acids is 1. The largest absolute Gasteiger partial charge is 0.392 e. The Kier molecular flexibility index (Phi) is 6.53. The van der Waals surface area contributed by atoms with Crippen molar-refractivity contribution in [2.45, 2.75) is 52.1 Å². The van der Waals surface area contributed by atoms with Gasteiger partial charge in [-0.25, -0.2) is 0 Å². The number of aryl methyl sites for hydroxylation is 1. The first kappa shape index (κ1) is 17.9. The maximum atomic E-state index is 12.3. The lowest BCUT2D eigenvalue weighted by atomic mass is 10.2. The zero-order valence-electron chi connectivity index (χ0n) is 14.4. The average Bonchev–Trinajstić information content (AvgIpc) is 3.02. The highest BCUT2D eigenvalue weighted by molar-refractivity contribution is 5.76. The van der Waals surface area contributed by atoms with Crippen molar-refractivity contribution in [1.82, 2.24) is 19.9 Å². The number of hydrogen-bond donors (Lipinski definition) is 1. The van der Waals surface area contributed by atoms with Crippen LogP contribution in [0.15, 0.2) is 4.52 Å². The van der Waals surface area contributed by atoms with Gasteiger partial charge >= 0.3 is 0 Å². The molecule has 1 aromatic rings. The van der Waals surface area contributed by atoms with E-state index in [1.165, 1.54) is 0 Å². The number of piperazine rings is 1. The third-order valence-electron chi connectivity index (χ3n) is 4.22. The van der Waals surface area contributed by atoms with Gasteiger partial charge in [0.25, 0.3) is 0 Å². The third kappa shape index (κ3) is 5.28. The van der Waals surface area contributed by atoms with Crippen molar-refractivity contribution in [1.29, 1.82) is 0 Å². The van der Waals surface area contributed by atoms with E-state index in [4.69, 9.17) is 4.52 Å². The molecule has 130 valence electrons. The van der Waals surface area contributed by atoms with Crippen LogP contribution in [0.4, 0.5) is 0 Å². The number of carbonyl (C=O) groups is 1. The third-order valence-corrected chi connectivity index (χ3v) is 4.22. The Balaban J connectivity index is 1.72. The van der Waals surface area contributed by atoms with Gasteiger partial charge in [0.15, 0.2) is 5.82 Å². The molecular formula is C16H28N4O3. The van der Waals surface area contributed by atoms with E-state index in [0.717, 1.165) is 32.6 Å². The SMILES string of the molecule is CC[C@@H](O)CN1CCN(C(=O)CCc2nc(C(C)C)no2)CC1. The molecule has 7 heteroatoms. The molecule has 1 aromatic heterocycles. The van der Waals surface area contributed by atoms with E-state index in [1.54, 1.807) is 0 Å². The summed E-state index contributed by atoms with van der Waals surface area (Å²) in [5.74, 6) is 1.59. The number of nitrogens with zero attached hydrogens (tertiary/aromatic N) is 4. The summed E-state index contributed by atoms with van der Waals surface area (Å²) in [6.45, 7) is 9.77. The molecule has 0 aromatic carbocycles. The first-order valence-electron chi connectivity index (χ1n) is 8.50. The molecule has 1 aliphatic rings. The number of β-amino-alcohol motifs (C(OH)–C–C–N with tert-alkyl or cyclic N) is 1. The summed E-state index contributed by atoms with van der Waals surface area (Å²) in [7, 11) is 0. The lowest BCUT2D eigenvalue weighted by Crippen LogP contribution is -2.50. The molecule has 0 spiro atoms. The number of hydrogen-bond acceptors (Lipinski definition) is 6. The Morgan fingerprint density at radius 1 is 1.30 bits per heavy atom. The van der Waals surface area contributed by atoms with Gasteiger partial charge in [-0.15, -0.1) is 0 Å². The minimum atomic E-state index is -0.273. The summed E-state index contributed by atoms with van der Waals surface area (Å²) in [5.41, 5.74) is 0. The van der Waals surface area contributed by atoms with Crippen molar-refractivity contribution in [2.75, 3.05) is 32.7 Å². The minimum Gasteiger partial charge on any atom is -0.392 e. The fourth-order valence-electron chi connectivity index (χ4n) is 2.58. The van der Waals surface area contributed by atoms with Gasteiger partial charge in [0.1, 0.15) is 0 Å². The summed E-state index contributed by atoms with van der Waals surface area (Å²) < 4.78 is 5.17. The zero-order valence-corrected chi connectivity index (χ0v) is 14.4. The number of aliphatic hydroxyl groups excluding tert-OH is 1. The molecule has 0 bridgehead atoms. The van der Waals surface area contributed by atoms with Crippen molar-refractivity contribution in [3.63, 3.8) is 0 Å². The van der Waals surface area contributed by atoms with Crippen LogP contribution in [0.5, 0.6) is 0 Å². The summed E-state index contributed by atoms with van der Waals surface area (Å²) in [6, 6.07) is 0. The van der Waals surface area contributed by atoms with Gasteiger partial charge in [0.2, 0.25) is 11.8 Å².